The van der Waals surface area contributed by atoms with Crippen LogP contribution in [-0.4, -0.2) is 54.3 Å². The molecule has 0 unspecified atom stereocenters. The zero-order valence-corrected chi connectivity index (χ0v) is 12.0. The van der Waals surface area contributed by atoms with Crippen molar-refractivity contribution in [3.05, 3.63) is 30.1 Å². The third-order valence-corrected chi connectivity index (χ3v) is 3.33. The van der Waals surface area contributed by atoms with Crippen LogP contribution in [0.4, 0.5) is 4.39 Å². The van der Waals surface area contributed by atoms with E-state index in [0.29, 0.717) is 18.8 Å². The molecule has 7 heteroatoms. The lowest BCUT2D eigenvalue weighted by Crippen LogP contribution is -2.52. The second kappa shape index (κ2) is 7.74. The number of carbonyl (C=O) groups is 2. The molecule has 120 valence electrons. The molecule has 1 N–H and O–H groups in total. The Morgan fingerprint density at radius 2 is 2.27 bits per heavy atom. The van der Waals surface area contributed by atoms with Gasteiger partial charge in [-0.15, -0.1) is 0 Å². The number of carbonyl (C=O) groups excluding carboxylic acids is 1. The third-order valence-electron chi connectivity index (χ3n) is 3.33. The van der Waals surface area contributed by atoms with Gasteiger partial charge < -0.3 is 19.5 Å². The van der Waals surface area contributed by atoms with Gasteiger partial charge >= 0.3 is 5.97 Å². The number of carboxylic acids is 1. The van der Waals surface area contributed by atoms with Crippen molar-refractivity contribution in [2.75, 3.05) is 26.4 Å². The number of halogens is 1. The molecule has 0 spiro atoms. The Kier molecular flexibility index (Phi) is 5.71. The highest BCUT2D eigenvalue weighted by Crippen LogP contribution is 2.13. The molecule has 1 fully saturated rings. The number of nitrogens with zero attached hydrogens (tertiary/aromatic N) is 1. The molecule has 2 rings (SSSR count). The summed E-state index contributed by atoms with van der Waals surface area (Å²) in [5.41, 5.74) is 0. The fourth-order valence-corrected chi connectivity index (χ4v) is 2.22. The molecule has 1 aliphatic heterocycles. The quantitative estimate of drug-likeness (QED) is 0.801. The minimum Gasteiger partial charge on any atom is -0.493 e. The summed E-state index contributed by atoms with van der Waals surface area (Å²) >= 11 is 0. The Balaban J connectivity index is 1.76. The molecule has 0 aliphatic carbocycles. The van der Waals surface area contributed by atoms with Crippen LogP contribution in [-0.2, 0) is 14.3 Å². The first-order chi connectivity index (χ1) is 10.6. The van der Waals surface area contributed by atoms with Crippen LogP contribution in [0.25, 0.3) is 0 Å². The SMILES string of the molecule is O=C(O)[C@H]1COCCN1C(=O)CCCOc1cccc(F)c1. The van der Waals surface area contributed by atoms with Gasteiger partial charge in [0.15, 0.2) is 6.04 Å². The van der Waals surface area contributed by atoms with Crippen molar-refractivity contribution in [3.8, 4) is 5.75 Å². The molecule has 6 nitrogen and oxygen atoms in total. The van der Waals surface area contributed by atoms with Crippen molar-refractivity contribution in [2.24, 2.45) is 0 Å². The van der Waals surface area contributed by atoms with E-state index in [1.165, 1.54) is 17.0 Å². The molecule has 1 saturated heterocycles. The van der Waals surface area contributed by atoms with Gasteiger partial charge in [0.2, 0.25) is 5.91 Å². The van der Waals surface area contributed by atoms with Crippen LogP contribution >= 0.6 is 0 Å². The van der Waals surface area contributed by atoms with Crippen molar-refractivity contribution in [1.82, 2.24) is 4.90 Å². The molecule has 1 aromatic rings. The maximum atomic E-state index is 13.0. The summed E-state index contributed by atoms with van der Waals surface area (Å²) in [6.45, 7) is 0.897. The maximum absolute atomic E-state index is 13.0. The van der Waals surface area contributed by atoms with E-state index in [4.69, 9.17) is 14.6 Å². The van der Waals surface area contributed by atoms with Gasteiger partial charge in [0.25, 0.3) is 0 Å². The average molecular weight is 311 g/mol. The highest BCUT2D eigenvalue weighted by atomic mass is 19.1. The highest BCUT2D eigenvalue weighted by molar-refractivity contribution is 5.83. The zero-order valence-electron chi connectivity index (χ0n) is 12.0. The molecule has 0 bridgehead atoms. The lowest BCUT2D eigenvalue weighted by molar-refractivity contribution is -0.158. The van der Waals surface area contributed by atoms with Crippen LogP contribution in [0.3, 0.4) is 0 Å². The fourth-order valence-electron chi connectivity index (χ4n) is 2.22. The Morgan fingerprint density at radius 3 is 3.00 bits per heavy atom. The van der Waals surface area contributed by atoms with Crippen LogP contribution in [0.1, 0.15) is 12.8 Å². The zero-order chi connectivity index (χ0) is 15.9. The number of aliphatic carboxylic acids is 1. The molecule has 0 aromatic heterocycles. The van der Waals surface area contributed by atoms with E-state index in [9.17, 15) is 14.0 Å². The third kappa shape index (κ3) is 4.42. The molecular formula is C15H18FNO5. The van der Waals surface area contributed by atoms with E-state index < -0.39 is 12.0 Å². The van der Waals surface area contributed by atoms with Crippen LogP contribution in [0, 0.1) is 5.82 Å². The minimum atomic E-state index is -1.07. The molecule has 22 heavy (non-hydrogen) atoms. The number of hydrogen-bond donors (Lipinski definition) is 1. The van der Waals surface area contributed by atoms with Gasteiger partial charge in [0, 0.05) is 19.0 Å². The Hall–Kier alpha value is -2.15. The number of rotatable bonds is 6. The summed E-state index contributed by atoms with van der Waals surface area (Å²) in [4.78, 5) is 24.5. The molecule has 1 aliphatic rings. The molecule has 0 radical (unpaired) electrons. The number of amides is 1. The van der Waals surface area contributed by atoms with Crippen LogP contribution < -0.4 is 4.74 Å². The second-order valence-electron chi connectivity index (χ2n) is 4.93. The summed E-state index contributed by atoms with van der Waals surface area (Å²) < 4.78 is 23.4. The van der Waals surface area contributed by atoms with Gasteiger partial charge in [-0.1, -0.05) is 6.07 Å². The van der Waals surface area contributed by atoms with Crippen LogP contribution in [0.5, 0.6) is 5.75 Å². The first kappa shape index (κ1) is 16.2. The number of carboxylic acid groups (broad SMARTS) is 1. The van der Waals surface area contributed by atoms with Gasteiger partial charge in [0.05, 0.1) is 19.8 Å². The van der Waals surface area contributed by atoms with Gasteiger partial charge in [-0.2, -0.15) is 0 Å². The highest BCUT2D eigenvalue weighted by Gasteiger charge is 2.32. The Morgan fingerprint density at radius 1 is 1.45 bits per heavy atom. The molecule has 0 saturated carbocycles. The molecule has 1 atom stereocenters. The van der Waals surface area contributed by atoms with Crippen LogP contribution in [0.2, 0.25) is 0 Å². The number of ether oxygens (including phenoxy) is 2. The fraction of sp³-hybridized carbons (Fsp3) is 0.467. The summed E-state index contributed by atoms with van der Waals surface area (Å²) in [5, 5.41) is 9.07. The summed E-state index contributed by atoms with van der Waals surface area (Å²) in [5.74, 6) is -1.28. The topological polar surface area (TPSA) is 76.1 Å². The maximum Gasteiger partial charge on any atom is 0.328 e. The minimum absolute atomic E-state index is 0.0147. The lowest BCUT2D eigenvalue weighted by Gasteiger charge is -2.32. The second-order valence-corrected chi connectivity index (χ2v) is 4.93. The van der Waals surface area contributed by atoms with Gasteiger partial charge in [0.1, 0.15) is 11.6 Å². The van der Waals surface area contributed by atoms with Crippen LogP contribution in [0.15, 0.2) is 24.3 Å². The van der Waals surface area contributed by atoms with Crippen molar-refractivity contribution in [2.45, 2.75) is 18.9 Å². The number of hydrogen-bond acceptors (Lipinski definition) is 4. The van der Waals surface area contributed by atoms with Crippen molar-refractivity contribution in [3.63, 3.8) is 0 Å². The Labute approximate surface area is 127 Å². The van der Waals surface area contributed by atoms with Crippen molar-refractivity contribution in [1.29, 1.82) is 0 Å². The summed E-state index contributed by atoms with van der Waals surface area (Å²) in [6.07, 6.45) is 0.609. The predicted octanol–water partition coefficient (Wildman–Crippen LogP) is 1.30. The standard InChI is InChI=1S/C15H18FNO5/c16-11-3-1-4-12(9-11)22-7-2-5-14(18)17-6-8-21-10-13(17)15(19)20/h1,3-4,9,13H,2,5-8,10H2,(H,19,20)/t13-/m1/s1. The van der Waals surface area contributed by atoms with E-state index >= 15 is 0 Å². The first-order valence-electron chi connectivity index (χ1n) is 7.06. The number of morpholine rings is 1. The van der Waals surface area contributed by atoms with Crippen molar-refractivity contribution < 1.29 is 28.6 Å². The monoisotopic (exact) mass is 311 g/mol. The lowest BCUT2D eigenvalue weighted by atomic mass is 10.2. The summed E-state index contributed by atoms with van der Waals surface area (Å²) in [7, 11) is 0. The van der Waals surface area contributed by atoms with Crippen molar-refractivity contribution >= 4 is 11.9 Å². The molecule has 1 aromatic carbocycles. The average Bonchev–Trinajstić information content (AvgIpc) is 2.51. The molecule has 1 amide bonds. The predicted molar refractivity (Wildman–Crippen MR) is 75.1 cm³/mol. The largest absolute Gasteiger partial charge is 0.493 e. The molecular weight excluding hydrogens is 293 g/mol. The van der Waals surface area contributed by atoms with E-state index in [-0.39, 0.29) is 37.9 Å². The van der Waals surface area contributed by atoms with Gasteiger partial charge in [-0.05, 0) is 18.6 Å². The summed E-state index contributed by atoms with van der Waals surface area (Å²) in [6, 6.07) is 4.84. The normalized spacial score (nSPS) is 18.0. The number of benzene rings is 1. The molecule has 1 heterocycles. The Bertz CT molecular complexity index is 536. The smallest absolute Gasteiger partial charge is 0.328 e. The first-order valence-corrected chi connectivity index (χ1v) is 7.06. The van der Waals surface area contributed by atoms with E-state index in [2.05, 4.69) is 0 Å². The van der Waals surface area contributed by atoms with Gasteiger partial charge in [-0.3, -0.25) is 4.79 Å². The van der Waals surface area contributed by atoms with Gasteiger partial charge in [-0.25, -0.2) is 9.18 Å². The van der Waals surface area contributed by atoms with E-state index in [0.717, 1.165) is 0 Å². The van der Waals surface area contributed by atoms with E-state index in [1.54, 1.807) is 12.1 Å². The van der Waals surface area contributed by atoms with E-state index in [1.807, 2.05) is 0 Å².